The first-order valence-corrected chi connectivity index (χ1v) is 12.9. The van der Waals surface area contributed by atoms with Gasteiger partial charge in [-0.1, -0.05) is 0 Å². The van der Waals surface area contributed by atoms with Gasteiger partial charge in [0.1, 0.15) is 11.6 Å². The van der Waals surface area contributed by atoms with Gasteiger partial charge in [0.2, 0.25) is 0 Å². The van der Waals surface area contributed by atoms with Crippen molar-refractivity contribution in [1.29, 1.82) is 0 Å². The Labute approximate surface area is 213 Å². The summed E-state index contributed by atoms with van der Waals surface area (Å²) in [4.78, 5) is 12.8. The average Bonchev–Trinajstić information content (AvgIpc) is 2.83. The minimum atomic E-state index is -4.33. The largest absolute Gasteiger partial charge is 0.495 e. The number of ether oxygens (including phenoxy) is 1. The maximum Gasteiger partial charge on any atom is 0.391 e. The predicted molar refractivity (Wildman–Crippen MR) is 130 cm³/mol. The third kappa shape index (κ3) is 4.69. The number of benzene rings is 2. The standard InChI is InChI=1S/C25H20F4N4O4S/c1-37-22-12-18(15-9-16(10-15)25(27,28)29)19(26)13-21(22)33-20-6-5-17(11-14(20)4-7-24(33)34)38(35,36)32-23-3-2-8-30-31-23/h2-8,11-13,15-16H,9-10H2,1H3,(H,31,32)/t15-,16-. The maximum absolute atomic E-state index is 15.2. The minimum absolute atomic E-state index is 0.0193. The first kappa shape index (κ1) is 25.6. The number of hydrogen-bond acceptors (Lipinski definition) is 6. The minimum Gasteiger partial charge on any atom is -0.495 e. The van der Waals surface area contributed by atoms with Crippen molar-refractivity contribution in [2.24, 2.45) is 5.92 Å². The van der Waals surface area contributed by atoms with Gasteiger partial charge in [-0.05, 0) is 66.8 Å². The molecule has 0 saturated heterocycles. The number of sulfonamides is 1. The molecule has 0 unspecified atom stereocenters. The number of halogens is 4. The van der Waals surface area contributed by atoms with Gasteiger partial charge in [-0.3, -0.25) is 14.1 Å². The summed E-state index contributed by atoms with van der Waals surface area (Å²) >= 11 is 0. The van der Waals surface area contributed by atoms with Gasteiger partial charge in [-0.2, -0.15) is 18.3 Å². The van der Waals surface area contributed by atoms with Crippen LogP contribution in [0.15, 0.2) is 70.5 Å². The number of rotatable bonds is 6. The normalized spacial score (nSPS) is 17.7. The van der Waals surface area contributed by atoms with Crippen LogP contribution in [0.3, 0.4) is 0 Å². The third-order valence-electron chi connectivity index (χ3n) is 6.57. The zero-order chi connectivity index (χ0) is 27.2. The van der Waals surface area contributed by atoms with Crippen LogP contribution in [0.4, 0.5) is 23.4 Å². The van der Waals surface area contributed by atoms with Gasteiger partial charge in [-0.15, -0.1) is 5.10 Å². The molecule has 0 aliphatic heterocycles. The topological polar surface area (TPSA) is 103 Å². The lowest BCUT2D eigenvalue weighted by Gasteiger charge is -2.37. The Bertz CT molecular complexity index is 1690. The first-order valence-electron chi connectivity index (χ1n) is 11.4. The number of nitrogens with zero attached hydrogens (tertiary/aromatic N) is 3. The summed E-state index contributed by atoms with van der Waals surface area (Å²) in [6.45, 7) is 0. The number of alkyl halides is 3. The van der Waals surface area contributed by atoms with Crippen molar-refractivity contribution < 1.29 is 30.7 Å². The summed E-state index contributed by atoms with van der Waals surface area (Å²) in [6.07, 6.45) is -3.39. The molecule has 4 aromatic rings. The molecule has 0 radical (unpaired) electrons. The number of anilines is 1. The lowest BCUT2D eigenvalue weighted by atomic mass is 9.71. The smallest absolute Gasteiger partial charge is 0.391 e. The molecule has 0 spiro atoms. The van der Waals surface area contributed by atoms with E-state index in [9.17, 15) is 26.4 Å². The van der Waals surface area contributed by atoms with Gasteiger partial charge in [0.05, 0.1) is 29.1 Å². The molecular formula is C25H20F4N4O4S. The monoisotopic (exact) mass is 548 g/mol. The number of methoxy groups -OCH3 is 1. The highest BCUT2D eigenvalue weighted by Gasteiger charge is 2.48. The molecular weight excluding hydrogens is 528 g/mol. The molecule has 0 atom stereocenters. The van der Waals surface area contributed by atoms with E-state index in [1.54, 1.807) is 0 Å². The van der Waals surface area contributed by atoms with Crippen LogP contribution < -0.4 is 15.0 Å². The highest BCUT2D eigenvalue weighted by atomic mass is 32.2. The molecule has 2 heterocycles. The van der Waals surface area contributed by atoms with Gasteiger partial charge < -0.3 is 4.74 Å². The van der Waals surface area contributed by atoms with E-state index < -0.39 is 39.4 Å². The summed E-state index contributed by atoms with van der Waals surface area (Å²) in [5.41, 5.74) is -0.161. The Kier molecular flexibility index (Phi) is 6.33. The molecule has 8 nitrogen and oxygen atoms in total. The van der Waals surface area contributed by atoms with Crippen molar-refractivity contribution >= 4 is 26.7 Å². The van der Waals surface area contributed by atoms with Gasteiger partial charge >= 0.3 is 6.18 Å². The Balaban J connectivity index is 1.54. The van der Waals surface area contributed by atoms with Crippen molar-refractivity contribution in [2.75, 3.05) is 11.8 Å². The summed E-state index contributed by atoms with van der Waals surface area (Å²) in [7, 11) is -2.74. The second-order valence-corrected chi connectivity index (χ2v) is 10.6. The van der Waals surface area contributed by atoms with Crippen LogP contribution in [0.2, 0.25) is 0 Å². The highest BCUT2D eigenvalue weighted by Crippen LogP contribution is 2.50. The fraction of sp³-hybridized carbons (Fsp3) is 0.240. The van der Waals surface area contributed by atoms with Gasteiger partial charge in [0.15, 0.2) is 5.82 Å². The van der Waals surface area contributed by atoms with Gasteiger partial charge in [0, 0.05) is 23.7 Å². The zero-order valence-electron chi connectivity index (χ0n) is 19.7. The molecule has 1 fully saturated rings. The molecule has 13 heteroatoms. The van der Waals surface area contributed by atoms with Gasteiger partial charge in [0.25, 0.3) is 15.6 Å². The molecule has 2 aromatic heterocycles. The quantitative estimate of drug-likeness (QED) is 0.348. The Hall–Kier alpha value is -4.00. The number of hydrogen-bond donors (Lipinski definition) is 1. The van der Waals surface area contributed by atoms with E-state index in [1.165, 1.54) is 61.8 Å². The first-order chi connectivity index (χ1) is 18.0. The van der Waals surface area contributed by atoms with Crippen LogP contribution in [0, 0.1) is 11.7 Å². The molecule has 1 saturated carbocycles. The molecule has 1 N–H and O–H groups in total. The van der Waals surface area contributed by atoms with E-state index in [4.69, 9.17) is 4.74 Å². The van der Waals surface area contributed by atoms with E-state index in [-0.39, 0.29) is 46.1 Å². The Morgan fingerprint density at radius 1 is 1.08 bits per heavy atom. The van der Waals surface area contributed by atoms with Gasteiger partial charge in [-0.25, -0.2) is 12.8 Å². The lowest BCUT2D eigenvalue weighted by Crippen LogP contribution is -2.34. The Morgan fingerprint density at radius 3 is 2.50 bits per heavy atom. The number of aromatic nitrogens is 3. The Morgan fingerprint density at radius 2 is 1.84 bits per heavy atom. The SMILES string of the molecule is COc1cc([C@H]2C[C@H](C(F)(F)F)C2)c(F)cc1-n1c(=O)ccc2cc(S(=O)(=O)Nc3cccnn3)ccc21. The summed E-state index contributed by atoms with van der Waals surface area (Å²) in [5.74, 6) is -2.75. The fourth-order valence-electron chi connectivity index (χ4n) is 4.54. The molecule has 38 heavy (non-hydrogen) atoms. The molecule has 0 amide bonds. The third-order valence-corrected chi connectivity index (χ3v) is 7.92. The fourth-order valence-corrected chi connectivity index (χ4v) is 5.57. The number of nitrogens with one attached hydrogen (secondary N) is 1. The maximum atomic E-state index is 15.2. The van der Waals surface area contributed by atoms with E-state index in [2.05, 4.69) is 14.9 Å². The van der Waals surface area contributed by atoms with Crippen molar-refractivity contribution in [3.8, 4) is 11.4 Å². The van der Waals surface area contributed by atoms with Crippen LogP contribution in [0.1, 0.15) is 24.3 Å². The molecule has 2 aromatic carbocycles. The van der Waals surface area contributed by atoms with Crippen LogP contribution >= 0.6 is 0 Å². The molecule has 198 valence electrons. The van der Waals surface area contributed by atoms with Crippen LogP contribution in [-0.4, -0.2) is 36.5 Å². The van der Waals surface area contributed by atoms with Crippen molar-refractivity contribution in [2.45, 2.75) is 29.8 Å². The lowest BCUT2D eigenvalue weighted by molar-refractivity contribution is -0.197. The zero-order valence-corrected chi connectivity index (χ0v) is 20.6. The average molecular weight is 549 g/mol. The van der Waals surface area contributed by atoms with E-state index >= 15 is 4.39 Å². The molecule has 1 aliphatic carbocycles. The summed E-state index contributed by atoms with van der Waals surface area (Å²) < 4.78 is 88.5. The van der Waals surface area contributed by atoms with E-state index in [0.29, 0.717) is 5.39 Å². The predicted octanol–water partition coefficient (Wildman–Crippen LogP) is 4.79. The molecule has 1 aliphatic rings. The van der Waals surface area contributed by atoms with Crippen molar-refractivity contribution in [3.05, 3.63) is 82.5 Å². The van der Waals surface area contributed by atoms with E-state index in [0.717, 1.165) is 10.6 Å². The van der Waals surface area contributed by atoms with Crippen LogP contribution in [0.25, 0.3) is 16.6 Å². The highest BCUT2D eigenvalue weighted by molar-refractivity contribution is 7.92. The summed E-state index contributed by atoms with van der Waals surface area (Å²) in [6, 6.07) is 12.0. The van der Waals surface area contributed by atoms with E-state index in [1.807, 2.05) is 0 Å². The second kappa shape index (κ2) is 9.39. The number of fused-ring (bicyclic) bond motifs is 1. The second-order valence-electron chi connectivity index (χ2n) is 8.89. The summed E-state index contributed by atoms with van der Waals surface area (Å²) in [5, 5.41) is 7.68. The van der Waals surface area contributed by atoms with Crippen molar-refractivity contribution in [1.82, 2.24) is 14.8 Å². The van der Waals surface area contributed by atoms with Crippen LogP contribution in [0.5, 0.6) is 5.75 Å². The molecule has 0 bridgehead atoms. The van der Waals surface area contributed by atoms with Crippen molar-refractivity contribution in [3.63, 3.8) is 0 Å². The van der Waals surface area contributed by atoms with Crippen LogP contribution in [-0.2, 0) is 10.0 Å². The number of pyridine rings is 1. The molecule has 5 rings (SSSR count).